The normalized spacial score (nSPS) is 11.2. The standard InChI is InChI=1S/C9H11N3/c1-7(2)12-9-6-4-3-5-8(9)10-11-12/h3-7H,1-2H3. The van der Waals surface area contributed by atoms with Crippen LogP contribution in [0.3, 0.4) is 0 Å². The average molecular weight is 161 g/mol. The van der Waals surface area contributed by atoms with Crippen LogP contribution in [0.2, 0.25) is 0 Å². The minimum Gasteiger partial charge on any atom is -0.242 e. The van der Waals surface area contributed by atoms with E-state index in [4.69, 9.17) is 0 Å². The number of hydrogen-bond donors (Lipinski definition) is 0. The maximum atomic E-state index is 4.06. The quantitative estimate of drug-likeness (QED) is 0.640. The number of nitrogens with zero attached hydrogens (tertiary/aromatic N) is 3. The van der Waals surface area contributed by atoms with Crippen LogP contribution in [0.4, 0.5) is 0 Å². The Morgan fingerprint density at radius 3 is 2.75 bits per heavy atom. The van der Waals surface area contributed by atoms with Gasteiger partial charge in [0.15, 0.2) is 0 Å². The molecule has 2 rings (SSSR count). The number of rotatable bonds is 1. The average Bonchev–Trinajstić information content (AvgIpc) is 2.47. The second-order valence-electron chi connectivity index (χ2n) is 3.12. The van der Waals surface area contributed by atoms with Gasteiger partial charge < -0.3 is 0 Å². The first-order chi connectivity index (χ1) is 5.79. The van der Waals surface area contributed by atoms with Crippen LogP contribution in [-0.2, 0) is 0 Å². The van der Waals surface area contributed by atoms with Crippen molar-refractivity contribution in [1.29, 1.82) is 0 Å². The monoisotopic (exact) mass is 161 g/mol. The summed E-state index contributed by atoms with van der Waals surface area (Å²) in [4.78, 5) is 0. The summed E-state index contributed by atoms with van der Waals surface area (Å²) in [5, 5.41) is 8.11. The van der Waals surface area contributed by atoms with Gasteiger partial charge in [-0.3, -0.25) is 0 Å². The van der Waals surface area contributed by atoms with Crippen molar-refractivity contribution in [2.24, 2.45) is 0 Å². The van der Waals surface area contributed by atoms with Gasteiger partial charge in [-0.25, -0.2) is 4.68 Å². The molecule has 62 valence electrons. The predicted octanol–water partition coefficient (Wildman–Crippen LogP) is 2.01. The van der Waals surface area contributed by atoms with Gasteiger partial charge >= 0.3 is 0 Å². The molecule has 12 heavy (non-hydrogen) atoms. The van der Waals surface area contributed by atoms with E-state index in [2.05, 4.69) is 24.2 Å². The van der Waals surface area contributed by atoms with Crippen LogP contribution in [-0.4, -0.2) is 15.0 Å². The van der Waals surface area contributed by atoms with Gasteiger partial charge in [0.25, 0.3) is 0 Å². The van der Waals surface area contributed by atoms with Crippen molar-refractivity contribution in [2.75, 3.05) is 0 Å². The number of aromatic nitrogens is 3. The second-order valence-corrected chi connectivity index (χ2v) is 3.12. The predicted molar refractivity (Wildman–Crippen MR) is 47.9 cm³/mol. The Balaban J connectivity index is 2.70. The fourth-order valence-corrected chi connectivity index (χ4v) is 1.27. The first-order valence-corrected chi connectivity index (χ1v) is 4.09. The van der Waals surface area contributed by atoms with Crippen LogP contribution in [0.25, 0.3) is 11.0 Å². The van der Waals surface area contributed by atoms with Gasteiger partial charge in [-0.15, -0.1) is 5.10 Å². The molecule has 2 aromatic rings. The summed E-state index contributed by atoms with van der Waals surface area (Å²) in [6, 6.07) is 8.36. The third-order valence-electron chi connectivity index (χ3n) is 1.87. The van der Waals surface area contributed by atoms with E-state index in [1.54, 1.807) is 0 Å². The van der Waals surface area contributed by atoms with E-state index in [-0.39, 0.29) is 0 Å². The van der Waals surface area contributed by atoms with Crippen molar-refractivity contribution in [1.82, 2.24) is 15.0 Å². The molecule has 0 atom stereocenters. The van der Waals surface area contributed by atoms with Crippen LogP contribution in [0.1, 0.15) is 19.9 Å². The van der Waals surface area contributed by atoms with Crippen molar-refractivity contribution in [3.63, 3.8) is 0 Å². The van der Waals surface area contributed by atoms with Gasteiger partial charge in [0, 0.05) is 6.04 Å². The van der Waals surface area contributed by atoms with E-state index < -0.39 is 0 Å². The molecule has 0 fully saturated rings. The first-order valence-electron chi connectivity index (χ1n) is 4.09. The van der Waals surface area contributed by atoms with E-state index in [0.717, 1.165) is 11.0 Å². The molecule has 0 unspecified atom stereocenters. The third kappa shape index (κ3) is 0.978. The minimum absolute atomic E-state index is 0.373. The van der Waals surface area contributed by atoms with Crippen molar-refractivity contribution in [3.8, 4) is 0 Å². The Labute approximate surface area is 71.0 Å². The number of para-hydroxylation sites is 1. The van der Waals surface area contributed by atoms with Crippen molar-refractivity contribution in [3.05, 3.63) is 24.3 Å². The SMILES string of the molecule is CC(C)n1nnc2ccccc21. The van der Waals surface area contributed by atoms with Gasteiger partial charge in [-0.1, -0.05) is 17.3 Å². The Bertz CT molecular complexity index is 389. The lowest BCUT2D eigenvalue weighted by molar-refractivity contribution is 0.530. The Kier molecular flexibility index (Phi) is 1.57. The highest BCUT2D eigenvalue weighted by Crippen LogP contribution is 2.13. The largest absolute Gasteiger partial charge is 0.242 e. The highest BCUT2D eigenvalue weighted by Gasteiger charge is 2.04. The topological polar surface area (TPSA) is 30.7 Å². The summed E-state index contributed by atoms with van der Waals surface area (Å²) >= 11 is 0. The summed E-state index contributed by atoms with van der Waals surface area (Å²) in [6.07, 6.45) is 0. The fourth-order valence-electron chi connectivity index (χ4n) is 1.27. The lowest BCUT2D eigenvalue weighted by Crippen LogP contribution is -2.02. The van der Waals surface area contributed by atoms with Gasteiger partial charge in [0.2, 0.25) is 0 Å². The van der Waals surface area contributed by atoms with E-state index in [9.17, 15) is 0 Å². The summed E-state index contributed by atoms with van der Waals surface area (Å²) in [5.74, 6) is 0. The molecule has 1 aromatic carbocycles. The molecule has 0 amide bonds. The van der Waals surface area contributed by atoms with Crippen molar-refractivity contribution >= 4 is 11.0 Å². The molecule has 0 aliphatic rings. The fraction of sp³-hybridized carbons (Fsp3) is 0.333. The van der Waals surface area contributed by atoms with Crippen LogP contribution in [0, 0.1) is 0 Å². The van der Waals surface area contributed by atoms with Gasteiger partial charge in [0.1, 0.15) is 5.52 Å². The molecule has 0 aliphatic heterocycles. The Morgan fingerprint density at radius 2 is 2.00 bits per heavy atom. The summed E-state index contributed by atoms with van der Waals surface area (Å²) in [7, 11) is 0. The molecular formula is C9H11N3. The first kappa shape index (κ1) is 7.28. The smallest absolute Gasteiger partial charge is 0.113 e. The highest BCUT2D eigenvalue weighted by atomic mass is 15.4. The molecule has 0 spiro atoms. The Hall–Kier alpha value is -1.38. The molecule has 3 heteroatoms. The van der Waals surface area contributed by atoms with Crippen molar-refractivity contribution in [2.45, 2.75) is 19.9 Å². The van der Waals surface area contributed by atoms with Gasteiger partial charge in [0.05, 0.1) is 5.52 Å². The van der Waals surface area contributed by atoms with E-state index >= 15 is 0 Å². The van der Waals surface area contributed by atoms with Crippen LogP contribution in [0.5, 0.6) is 0 Å². The molecule has 1 heterocycles. The minimum atomic E-state index is 0.373. The molecule has 0 saturated carbocycles. The molecule has 0 bridgehead atoms. The molecule has 3 nitrogen and oxygen atoms in total. The second kappa shape index (κ2) is 2.59. The molecule has 1 aromatic heterocycles. The van der Waals surface area contributed by atoms with E-state index in [1.807, 2.05) is 28.9 Å². The zero-order chi connectivity index (χ0) is 8.55. The third-order valence-corrected chi connectivity index (χ3v) is 1.87. The van der Waals surface area contributed by atoms with Gasteiger partial charge in [-0.05, 0) is 26.0 Å². The van der Waals surface area contributed by atoms with Crippen LogP contribution >= 0.6 is 0 Å². The number of fused-ring (bicyclic) bond motifs is 1. The molecule has 0 N–H and O–H groups in total. The molecule has 0 radical (unpaired) electrons. The molecular weight excluding hydrogens is 150 g/mol. The summed E-state index contributed by atoms with van der Waals surface area (Å²) in [6.45, 7) is 4.20. The summed E-state index contributed by atoms with van der Waals surface area (Å²) < 4.78 is 1.93. The maximum absolute atomic E-state index is 4.06. The van der Waals surface area contributed by atoms with Gasteiger partial charge in [-0.2, -0.15) is 0 Å². The number of benzene rings is 1. The molecule has 0 aliphatic carbocycles. The van der Waals surface area contributed by atoms with Crippen molar-refractivity contribution < 1.29 is 0 Å². The maximum Gasteiger partial charge on any atom is 0.113 e. The highest BCUT2D eigenvalue weighted by molar-refractivity contribution is 5.73. The Morgan fingerprint density at radius 1 is 1.25 bits per heavy atom. The number of hydrogen-bond acceptors (Lipinski definition) is 2. The zero-order valence-electron chi connectivity index (χ0n) is 7.23. The van der Waals surface area contributed by atoms with E-state index in [0.29, 0.717) is 6.04 Å². The van der Waals surface area contributed by atoms with Crippen LogP contribution < -0.4 is 0 Å². The lowest BCUT2D eigenvalue weighted by atomic mass is 10.3. The van der Waals surface area contributed by atoms with E-state index in [1.165, 1.54) is 0 Å². The summed E-state index contributed by atoms with van der Waals surface area (Å²) in [5.41, 5.74) is 2.07. The lowest BCUT2D eigenvalue weighted by Gasteiger charge is -2.03. The molecule has 0 saturated heterocycles. The van der Waals surface area contributed by atoms with Crippen LogP contribution in [0.15, 0.2) is 24.3 Å². The zero-order valence-corrected chi connectivity index (χ0v) is 7.23.